The summed E-state index contributed by atoms with van der Waals surface area (Å²) < 4.78 is 0. The third-order valence-corrected chi connectivity index (χ3v) is 3.18. The molecule has 2 N–H and O–H groups in total. The van der Waals surface area contributed by atoms with Crippen LogP contribution in [-0.2, 0) is 11.2 Å². The van der Waals surface area contributed by atoms with E-state index in [1.165, 1.54) is 11.1 Å². The molecule has 0 spiro atoms. The summed E-state index contributed by atoms with van der Waals surface area (Å²) in [7, 11) is 0. The van der Waals surface area contributed by atoms with Gasteiger partial charge in [-0.1, -0.05) is 53.0 Å². The van der Waals surface area contributed by atoms with Gasteiger partial charge in [0.25, 0.3) is 0 Å². The molecule has 0 fully saturated rings. The Morgan fingerprint density at radius 1 is 1.10 bits per heavy atom. The van der Waals surface area contributed by atoms with Crippen LogP contribution in [0.4, 0.5) is 0 Å². The number of rotatable bonds is 2. The van der Waals surface area contributed by atoms with Crippen molar-refractivity contribution in [1.82, 2.24) is 0 Å². The largest absolute Gasteiger partial charge is 0.505 e. The Hall–Kier alpha value is -1.80. The predicted molar refractivity (Wildman–Crippen MR) is 80.5 cm³/mol. The van der Waals surface area contributed by atoms with Gasteiger partial charge in [-0.05, 0) is 36.6 Å². The van der Waals surface area contributed by atoms with Crippen molar-refractivity contribution in [3.63, 3.8) is 0 Å². The van der Waals surface area contributed by atoms with Gasteiger partial charge in [-0.25, -0.2) is 10.2 Å². The van der Waals surface area contributed by atoms with Crippen molar-refractivity contribution in [3.05, 3.63) is 63.1 Å². The molecule has 2 aromatic carbocycles. The van der Waals surface area contributed by atoms with Crippen LogP contribution in [0.2, 0.25) is 10.0 Å². The van der Waals surface area contributed by atoms with Gasteiger partial charge in [0.15, 0.2) is 5.75 Å². The van der Waals surface area contributed by atoms with E-state index in [9.17, 15) is 5.11 Å². The number of isocyanates is 1. The maximum atomic E-state index is 9.47. The van der Waals surface area contributed by atoms with Crippen LogP contribution in [0.1, 0.15) is 16.7 Å². The lowest BCUT2D eigenvalue weighted by Gasteiger charge is -2.06. The van der Waals surface area contributed by atoms with E-state index in [4.69, 9.17) is 33.4 Å². The molecule has 0 aliphatic rings. The molecule has 5 heteroatoms. The van der Waals surface area contributed by atoms with Gasteiger partial charge >= 0.3 is 0 Å². The van der Waals surface area contributed by atoms with Gasteiger partial charge in [0.2, 0.25) is 6.08 Å². The zero-order valence-corrected chi connectivity index (χ0v) is 12.3. The van der Waals surface area contributed by atoms with Crippen LogP contribution in [0.25, 0.3) is 0 Å². The van der Waals surface area contributed by atoms with Crippen molar-refractivity contribution >= 4 is 29.3 Å². The number of aryl methyl sites for hydroxylation is 1. The molecule has 0 unspecified atom stereocenters. The standard InChI is InChI=1S/C14H12Cl2O.CHNO/c1-9-2-4-10(5-3-9)6-11-7-12(15)14(17)13(16)8-11;2-1-3/h2-5,7-8,17H,6H2,1H3;2H. The summed E-state index contributed by atoms with van der Waals surface area (Å²) in [4.78, 5) is 8.35. The van der Waals surface area contributed by atoms with E-state index >= 15 is 0 Å². The molecule has 0 aromatic heterocycles. The minimum atomic E-state index is -0.0546. The van der Waals surface area contributed by atoms with Crippen LogP contribution >= 0.6 is 23.2 Å². The topological polar surface area (TPSA) is 61.1 Å². The summed E-state index contributed by atoms with van der Waals surface area (Å²) in [5.41, 5.74) is 3.41. The van der Waals surface area contributed by atoms with E-state index in [1.54, 1.807) is 12.1 Å². The highest BCUT2D eigenvalue weighted by Gasteiger charge is 2.07. The van der Waals surface area contributed by atoms with Gasteiger partial charge in [-0.2, -0.15) is 0 Å². The number of hydrogen-bond donors (Lipinski definition) is 2. The van der Waals surface area contributed by atoms with Crippen molar-refractivity contribution in [1.29, 1.82) is 5.41 Å². The summed E-state index contributed by atoms with van der Waals surface area (Å²) in [6, 6.07) is 11.8. The first kappa shape index (κ1) is 16.3. The van der Waals surface area contributed by atoms with Crippen LogP contribution in [0.15, 0.2) is 36.4 Å². The quantitative estimate of drug-likeness (QED) is 0.634. The first-order valence-electron chi connectivity index (χ1n) is 5.74. The van der Waals surface area contributed by atoms with E-state index in [1.807, 2.05) is 0 Å². The second-order valence-electron chi connectivity index (χ2n) is 4.17. The smallest absolute Gasteiger partial charge is 0.231 e. The maximum absolute atomic E-state index is 9.47. The van der Waals surface area contributed by atoms with Gasteiger partial charge in [-0.3, -0.25) is 0 Å². The Labute approximate surface area is 127 Å². The van der Waals surface area contributed by atoms with Crippen LogP contribution in [0.3, 0.4) is 0 Å². The number of phenolic OH excluding ortho intramolecular Hbond substituents is 1. The molecule has 0 bridgehead atoms. The SMILES string of the molecule is Cc1ccc(Cc2cc(Cl)c(O)c(Cl)c2)cc1.N=C=O. The first-order chi connectivity index (χ1) is 9.47. The molecular weight excluding hydrogens is 297 g/mol. The third kappa shape index (κ3) is 4.71. The van der Waals surface area contributed by atoms with E-state index < -0.39 is 0 Å². The fourth-order valence-corrected chi connectivity index (χ4v) is 2.19. The number of benzene rings is 2. The minimum absolute atomic E-state index is 0.0546. The molecule has 0 saturated heterocycles. The second kappa shape index (κ2) is 7.71. The molecule has 0 amide bonds. The molecular formula is C15H13Cl2NO2. The van der Waals surface area contributed by atoms with E-state index in [-0.39, 0.29) is 5.75 Å². The molecule has 0 aliphatic heterocycles. The van der Waals surface area contributed by atoms with Gasteiger partial charge in [0, 0.05) is 0 Å². The Balaban J connectivity index is 0.000000612. The summed E-state index contributed by atoms with van der Waals surface area (Å²) in [5.74, 6) is -0.0546. The number of aromatic hydroxyl groups is 1. The Morgan fingerprint density at radius 2 is 1.55 bits per heavy atom. The fourth-order valence-electron chi connectivity index (χ4n) is 1.66. The maximum Gasteiger partial charge on any atom is 0.231 e. The number of phenols is 1. The summed E-state index contributed by atoms with van der Waals surface area (Å²) in [5, 5.41) is 15.5. The van der Waals surface area contributed by atoms with Gasteiger partial charge in [0.05, 0.1) is 10.0 Å². The van der Waals surface area contributed by atoms with Gasteiger partial charge < -0.3 is 5.11 Å². The van der Waals surface area contributed by atoms with Crippen molar-refractivity contribution in [3.8, 4) is 5.75 Å². The molecule has 2 aromatic rings. The lowest BCUT2D eigenvalue weighted by atomic mass is 10.0. The second-order valence-corrected chi connectivity index (χ2v) is 4.99. The van der Waals surface area contributed by atoms with Gasteiger partial charge in [0.1, 0.15) is 0 Å². The average Bonchev–Trinajstić information content (AvgIpc) is 2.39. The van der Waals surface area contributed by atoms with Crippen LogP contribution in [-0.4, -0.2) is 11.2 Å². The molecule has 3 nitrogen and oxygen atoms in total. The van der Waals surface area contributed by atoms with Crippen LogP contribution < -0.4 is 0 Å². The summed E-state index contributed by atoms with van der Waals surface area (Å²) in [6.07, 6.45) is 1.50. The fraction of sp³-hybridized carbons (Fsp3) is 0.133. The first-order valence-corrected chi connectivity index (χ1v) is 6.49. The van der Waals surface area contributed by atoms with E-state index in [0.29, 0.717) is 10.0 Å². The molecule has 2 rings (SSSR count). The van der Waals surface area contributed by atoms with Crippen molar-refractivity contribution in [2.24, 2.45) is 0 Å². The average molecular weight is 310 g/mol. The summed E-state index contributed by atoms with van der Waals surface area (Å²) >= 11 is 11.8. The predicted octanol–water partition coefficient (Wildman–Crippen LogP) is 4.50. The van der Waals surface area contributed by atoms with Gasteiger partial charge in [-0.15, -0.1) is 0 Å². The minimum Gasteiger partial charge on any atom is -0.505 e. The van der Waals surface area contributed by atoms with E-state index in [2.05, 4.69) is 31.2 Å². The molecule has 0 radical (unpaired) electrons. The highest BCUT2D eigenvalue weighted by molar-refractivity contribution is 6.37. The Bertz CT molecular complexity index is 595. The van der Waals surface area contributed by atoms with Crippen molar-refractivity contribution in [2.45, 2.75) is 13.3 Å². The number of nitrogens with one attached hydrogen (secondary N) is 1. The number of halogens is 2. The molecule has 20 heavy (non-hydrogen) atoms. The highest BCUT2D eigenvalue weighted by atomic mass is 35.5. The molecule has 104 valence electrons. The van der Waals surface area contributed by atoms with Crippen LogP contribution in [0.5, 0.6) is 5.75 Å². The highest BCUT2D eigenvalue weighted by Crippen LogP contribution is 2.33. The number of hydrogen-bond acceptors (Lipinski definition) is 3. The zero-order valence-electron chi connectivity index (χ0n) is 10.8. The normalized spacial score (nSPS) is 9.35. The van der Waals surface area contributed by atoms with Crippen molar-refractivity contribution in [2.75, 3.05) is 0 Å². The lowest BCUT2D eigenvalue weighted by molar-refractivity contribution is 0.475. The molecule has 0 saturated carbocycles. The third-order valence-electron chi connectivity index (χ3n) is 2.61. The zero-order chi connectivity index (χ0) is 15.1. The summed E-state index contributed by atoms with van der Waals surface area (Å²) in [6.45, 7) is 2.05. The monoisotopic (exact) mass is 309 g/mol. The lowest BCUT2D eigenvalue weighted by Crippen LogP contribution is -1.89. The Morgan fingerprint density at radius 3 is 2.00 bits per heavy atom. The van der Waals surface area contributed by atoms with Crippen molar-refractivity contribution < 1.29 is 9.90 Å². The molecule has 0 atom stereocenters. The Kier molecular flexibility index (Phi) is 6.26. The molecule has 0 aliphatic carbocycles. The van der Waals surface area contributed by atoms with Crippen LogP contribution in [0, 0.1) is 12.3 Å². The number of carbonyl (C=O) groups excluding carboxylic acids is 1. The molecule has 0 heterocycles. The van der Waals surface area contributed by atoms with E-state index in [0.717, 1.165) is 18.1 Å².